The van der Waals surface area contributed by atoms with Crippen molar-refractivity contribution in [3.8, 4) is 5.75 Å². The van der Waals surface area contributed by atoms with Gasteiger partial charge in [-0.3, -0.25) is 4.79 Å². The van der Waals surface area contributed by atoms with Gasteiger partial charge in [-0.1, -0.05) is 0 Å². The van der Waals surface area contributed by atoms with Gasteiger partial charge in [0.05, 0.1) is 25.2 Å². The van der Waals surface area contributed by atoms with E-state index in [-0.39, 0.29) is 24.7 Å². The summed E-state index contributed by atoms with van der Waals surface area (Å²) in [4.78, 5) is 11.7. The number of amides is 1. The molecule has 0 spiro atoms. The molecule has 1 aromatic carbocycles. The van der Waals surface area contributed by atoms with E-state index in [1.807, 2.05) is 20.8 Å². The Labute approximate surface area is 119 Å². The highest BCUT2D eigenvalue weighted by Crippen LogP contribution is 2.16. The monoisotopic (exact) mass is 281 g/mol. The molecule has 20 heavy (non-hydrogen) atoms. The van der Waals surface area contributed by atoms with Gasteiger partial charge < -0.3 is 19.9 Å². The number of carbonyl (C=O) groups excluding carboxylic acids is 1. The highest BCUT2D eigenvalue weighted by Gasteiger charge is 2.11. The second-order valence-electron chi connectivity index (χ2n) is 5.36. The Balaban J connectivity index is 2.34. The Morgan fingerprint density at radius 2 is 1.85 bits per heavy atom. The van der Waals surface area contributed by atoms with Crippen molar-refractivity contribution >= 4 is 11.6 Å². The van der Waals surface area contributed by atoms with Crippen LogP contribution >= 0.6 is 0 Å². The molecule has 112 valence electrons. The summed E-state index contributed by atoms with van der Waals surface area (Å²) in [5.74, 6) is 0.575. The highest BCUT2D eigenvalue weighted by molar-refractivity contribution is 5.90. The van der Waals surface area contributed by atoms with Gasteiger partial charge in [0.1, 0.15) is 12.4 Å². The first-order chi connectivity index (χ1) is 9.40. The summed E-state index contributed by atoms with van der Waals surface area (Å²) in [5.41, 5.74) is 0.480. The number of aliphatic hydroxyl groups excluding tert-OH is 1. The summed E-state index contributed by atoms with van der Waals surface area (Å²) >= 11 is 0. The van der Waals surface area contributed by atoms with Gasteiger partial charge in [0.15, 0.2) is 0 Å². The fourth-order valence-electron chi connectivity index (χ4n) is 1.47. The number of benzene rings is 1. The van der Waals surface area contributed by atoms with Crippen LogP contribution in [-0.4, -0.2) is 36.4 Å². The second kappa shape index (κ2) is 7.87. The maximum absolute atomic E-state index is 11.7. The van der Waals surface area contributed by atoms with Gasteiger partial charge >= 0.3 is 0 Å². The molecule has 1 aromatic rings. The molecular weight excluding hydrogens is 258 g/mol. The van der Waals surface area contributed by atoms with Gasteiger partial charge in [0.25, 0.3) is 0 Å². The molecule has 5 heteroatoms. The quantitative estimate of drug-likeness (QED) is 0.804. The van der Waals surface area contributed by atoms with Crippen LogP contribution in [-0.2, 0) is 9.53 Å². The number of aliphatic hydroxyl groups is 1. The summed E-state index contributed by atoms with van der Waals surface area (Å²) in [6, 6.07) is 7.01. The number of hydrogen-bond donors (Lipinski definition) is 2. The van der Waals surface area contributed by atoms with E-state index < -0.39 is 0 Å². The van der Waals surface area contributed by atoms with Crippen LogP contribution < -0.4 is 10.1 Å². The molecule has 2 N–H and O–H groups in total. The van der Waals surface area contributed by atoms with E-state index in [0.717, 1.165) is 0 Å². The van der Waals surface area contributed by atoms with E-state index in [0.29, 0.717) is 24.5 Å². The van der Waals surface area contributed by atoms with E-state index >= 15 is 0 Å². The van der Waals surface area contributed by atoms with Crippen molar-refractivity contribution in [3.63, 3.8) is 0 Å². The zero-order chi connectivity index (χ0) is 15.0. The predicted molar refractivity (Wildman–Crippen MR) is 78.0 cm³/mol. The van der Waals surface area contributed by atoms with E-state index in [1.54, 1.807) is 24.3 Å². The molecule has 0 saturated heterocycles. The van der Waals surface area contributed by atoms with Crippen molar-refractivity contribution in [2.45, 2.75) is 32.8 Å². The van der Waals surface area contributed by atoms with Crippen molar-refractivity contribution < 1.29 is 19.4 Å². The number of anilines is 1. The van der Waals surface area contributed by atoms with Gasteiger partial charge in [-0.05, 0) is 45.0 Å². The first-order valence-corrected chi connectivity index (χ1v) is 6.68. The van der Waals surface area contributed by atoms with Gasteiger partial charge in [-0.2, -0.15) is 0 Å². The third-order valence-electron chi connectivity index (χ3n) is 2.36. The zero-order valence-corrected chi connectivity index (χ0v) is 12.3. The van der Waals surface area contributed by atoms with E-state index in [1.165, 1.54) is 0 Å². The van der Waals surface area contributed by atoms with Crippen LogP contribution in [0, 0.1) is 0 Å². The van der Waals surface area contributed by atoms with Crippen molar-refractivity contribution in [1.29, 1.82) is 0 Å². The van der Waals surface area contributed by atoms with E-state index in [2.05, 4.69) is 5.32 Å². The van der Waals surface area contributed by atoms with Crippen LogP contribution in [0.4, 0.5) is 5.69 Å². The highest BCUT2D eigenvalue weighted by atomic mass is 16.5. The molecule has 0 saturated carbocycles. The molecule has 0 atom stereocenters. The molecule has 0 aliphatic heterocycles. The average Bonchev–Trinajstić information content (AvgIpc) is 2.36. The molecule has 0 unspecified atom stereocenters. The van der Waals surface area contributed by atoms with Crippen LogP contribution in [0.25, 0.3) is 0 Å². The normalized spacial score (nSPS) is 11.2. The Morgan fingerprint density at radius 3 is 2.40 bits per heavy atom. The lowest BCUT2D eigenvalue weighted by molar-refractivity contribution is -0.118. The second-order valence-corrected chi connectivity index (χ2v) is 5.36. The Hall–Kier alpha value is -1.59. The fraction of sp³-hybridized carbons (Fsp3) is 0.533. The predicted octanol–water partition coefficient (Wildman–Crippen LogP) is 2.20. The Bertz CT molecular complexity index is 409. The maximum Gasteiger partial charge on any atom is 0.226 e. The van der Waals surface area contributed by atoms with Crippen LogP contribution in [0.15, 0.2) is 24.3 Å². The number of rotatable bonds is 7. The van der Waals surface area contributed by atoms with Crippen LogP contribution in [0.3, 0.4) is 0 Å². The summed E-state index contributed by atoms with van der Waals surface area (Å²) < 4.78 is 10.7. The smallest absolute Gasteiger partial charge is 0.226 e. The van der Waals surface area contributed by atoms with Crippen LogP contribution in [0.1, 0.15) is 27.2 Å². The number of ether oxygens (including phenoxy) is 2. The zero-order valence-electron chi connectivity index (χ0n) is 12.3. The summed E-state index contributed by atoms with van der Waals surface area (Å²) in [6.45, 7) is 6.50. The molecule has 0 aliphatic carbocycles. The van der Waals surface area contributed by atoms with Gasteiger partial charge in [0, 0.05) is 5.69 Å². The number of hydrogen-bond acceptors (Lipinski definition) is 4. The first-order valence-electron chi connectivity index (χ1n) is 6.68. The summed E-state index contributed by atoms with van der Waals surface area (Å²) in [6.07, 6.45) is 0.319. The minimum atomic E-state index is -0.230. The lowest BCUT2D eigenvalue weighted by Gasteiger charge is -2.19. The van der Waals surface area contributed by atoms with Crippen molar-refractivity contribution in [2.75, 3.05) is 25.1 Å². The summed E-state index contributed by atoms with van der Waals surface area (Å²) in [5, 5.41) is 11.4. The average molecular weight is 281 g/mol. The summed E-state index contributed by atoms with van der Waals surface area (Å²) in [7, 11) is 0. The van der Waals surface area contributed by atoms with E-state index in [9.17, 15) is 4.79 Å². The van der Waals surface area contributed by atoms with Crippen molar-refractivity contribution in [1.82, 2.24) is 0 Å². The SMILES string of the molecule is CC(C)(C)OCCC(=O)Nc1ccc(OCCO)cc1. The minimum Gasteiger partial charge on any atom is -0.491 e. The van der Waals surface area contributed by atoms with Crippen LogP contribution in [0.2, 0.25) is 0 Å². The fourth-order valence-corrected chi connectivity index (χ4v) is 1.47. The molecule has 1 amide bonds. The third-order valence-corrected chi connectivity index (χ3v) is 2.36. The number of nitrogens with one attached hydrogen (secondary N) is 1. The molecular formula is C15H23NO4. The molecule has 0 aromatic heterocycles. The van der Waals surface area contributed by atoms with Crippen molar-refractivity contribution in [2.24, 2.45) is 0 Å². The lowest BCUT2D eigenvalue weighted by atomic mass is 10.2. The van der Waals surface area contributed by atoms with Gasteiger partial charge in [-0.25, -0.2) is 0 Å². The maximum atomic E-state index is 11.7. The van der Waals surface area contributed by atoms with Gasteiger partial charge in [-0.15, -0.1) is 0 Å². The molecule has 0 fully saturated rings. The molecule has 0 bridgehead atoms. The van der Waals surface area contributed by atoms with Crippen LogP contribution in [0.5, 0.6) is 5.75 Å². The molecule has 1 rings (SSSR count). The minimum absolute atomic E-state index is 0.0216. The molecule has 0 radical (unpaired) electrons. The standard InChI is InChI=1S/C15H23NO4/c1-15(2,3)20-10-8-14(18)16-12-4-6-13(7-5-12)19-11-9-17/h4-7,17H,8-11H2,1-3H3,(H,16,18). The number of carbonyl (C=O) groups is 1. The Morgan fingerprint density at radius 1 is 1.20 bits per heavy atom. The van der Waals surface area contributed by atoms with Crippen molar-refractivity contribution in [3.05, 3.63) is 24.3 Å². The molecule has 5 nitrogen and oxygen atoms in total. The lowest BCUT2D eigenvalue weighted by Crippen LogP contribution is -2.22. The Kier molecular flexibility index (Phi) is 6.48. The largest absolute Gasteiger partial charge is 0.491 e. The topological polar surface area (TPSA) is 67.8 Å². The molecule has 0 heterocycles. The van der Waals surface area contributed by atoms with E-state index in [4.69, 9.17) is 14.6 Å². The third kappa shape index (κ3) is 7.11. The molecule has 0 aliphatic rings. The first kappa shape index (κ1) is 16.5. The van der Waals surface area contributed by atoms with Gasteiger partial charge in [0.2, 0.25) is 5.91 Å².